The lowest BCUT2D eigenvalue weighted by Gasteiger charge is -2.34. The number of ether oxygens (including phenoxy) is 1. The summed E-state index contributed by atoms with van der Waals surface area (Å²) in [5.74, 6) is -0.330. The van der Waals surface area contributed by atoms with E-state index >= 15 is 0 Å². The Kier molecular flexibility index (Phi) is 5.39. The Morgan fingerprint density at radius 3 is 3.00 bits per heavy atom. The minimum atomic E-state index is -0.550. The third kappa shape index (κ3) is 3.46. The van der Waals surface area contributed by atoms with Gasteiger partial charge in [0.2, 0.25) is 0 Å². The number of halogens is 1. The number of nitrogens with zero attached hydrogens (tertiary/aromatic N) is 1. The Bertz CT molecular complexity index is 591. The molecule has 112 valence electrons. The molecule has 0 radical (unpaired) electrons. The molecule has 0 amide bonds. The van der Waals surface area contributed by atoms with Gasteiger partial charge in [-0.15, -0.1) is 11.3 Å². The summed E-state index contributed by atoms with van der Waals surface area (Å²) >= 11 is 7.83. The molecule has 0 spiro atoms. The van der Waals surface area contributed by atoms with Crippen LogP contribution in [0.15, 0.2) is 47.4 Å². The highest BCUT2D eigenvalue weighted by atomic mass is 35.5. The Balaban J connectivity index is 2.33. The molecule has 0 N–H and O–H groups in total. The first-order valence-corrected chi connectivity index (χ1v) is 7.88. The lowest BCUT2D eigenvalue weighted by Crippen LogP contribution is -2.45. The monoisotopic (exact) mass is 323 g/mol. The van der Waals surface area contributed by atoms with Gasteiger partial charge in [-0.3, -0.25) is 4.90 Å². The average Bonchev–Trinajstić information content (AvgIpc) is 2.93. The van der Waals surface area contributed by atoms with Crippen molar-refractivity contribution < 1.29 is 9.53 Å². The number of esters is 1. The van der Waals surface area contributed by atoms with Crippen molar-refractivity contribution in [3.8, 4) is 0 Å². The largest absolute Gasteiger partial charge is 0.468 e. The number of methoxy groups -OCH3 is 1. The van der Waals surface area contributed by atoms with Crippen LogP contribution < -0.4 is 0 Å². The van der Waals surface area contributed by atoms with Crippen molar-refractivity contribution in [3.63, 3.8) is 0 Å². The van der Waals surface area contributed by atoms with Crippen LogP contribution in [-0.4, -0.2) is 30.6 Å². The van der Waals surface area contributed by atoms with E-state index in [0.29, 0.717) is 17.2 Å². The standard InChI is InChI=1S/C16H18ClNO2S/c1-4-5-13(11(2)17)15(16(19)20-3)18-8-6-14-12(10-18)7-9-21-14/h4-5,7,9,15H,1-2,6,8,10H2,3H3/b13-5+. The molecule has 1 aromatic rings. The van der Waals surface area contributed by atoms with Crippen molar-refractivity contribution in [3.05, 3.63) is 57.8 Å². The summed E-state index contributed by atoms with van der Waals surface area (Å²) in [6.45, 7) is 8.93. The lowest BCUT2D eigenvalue weighted by atomic mass is 10.0. The molecule has 5 heteroatoms. The highest BCUT2D eigenvalue weighted by molar-refractivity contribution is 7.10. The van der Waals surface area contributed by atoms with E-state index in [4.69, 9.17) is 16.3 Å². The molecule has 3 nitrogen and oxygen atoms in total. The van der Waals surface area contributed by atoms with Crippen LogP contribution in [0.25, 0.3) is 0 Å². The number of hydrogen-bond donors (Lipinski definition) is 0. The van der Waals surface area contributed by atoms with Crippen LogP contribution >= 0.6 is 22.9 Å². The van der Waals surface area contributed by atoms with Gasteiger partial charge in [-0.2, -0.15) is 0 Å². The molecule has 1 aromatic heterocycles. The number of carbonyl (C=O) groups is 1. The second-order valence-electron chi connectivity index (χ2n) is 4.78. The summed E-state index contributed by atoms with van der Waals surface area (Å²) in [7, 11) is 1.39. The summed E-state index contributed by atoms with van der Waals surface area (Å²) in [5, 5.41) is 2.42. The molecular weight excluding hydrogens is 306 g/mol. The first kappa shape index (κ1) is 16.0. The first-order valence-electron chi connectivity index (χ1n) is 6.63. The van der Waals surface area contributed by atoms with Gasteiger partial charge in [-0.25, -0.2) is 4.79 Å². The second-order valence-corrected chi connectivity index (χ2v) is 6.23. The van der Waals surface area contributed by atoms with E-state index in [1.807, 2.05) is 0 Å². The Morgan fingerprint density at radius 1 is 1.62 bits per heavy atom. The Morgan fingerprint density at radius 2 is 2.38 bits per heavy atom. The van der Waals surface area contributed by atoms with Crippen LogP contribution in [0.4, 0.5) is 0 Å². The summed E-state index contributed by atoms with van der Waals surface area (Å²) < 4.78 is 4.96. The van der Waals surface area contributed by atoms with Gasteiger partial charge in [-0.05, 0) is 29.0 Å². The van der Waals surface area contributed by atoms with Gasteiger partial charge in [0.1, 0.15) is 6.04 Å². The maximum atomic E-state index is 12.2. The molecule has 0 saturated heterocycles. The first-order chi connectivity index (χ1) is 10.1. The highest BCUT2D eigenvalue weighted by Gasteiger charge is 2.33. The molecule has 0 fully saturated rings. The molecule has 1 aliphatic heterocycles. The number of rotatable bonds is 5. The normalized spacial score (nSPS) is 17.0. The topological polar surface area (TPSA) is 29.5 Å². The maximum absolute atomic E-state index is 12.2. The van der Waals surface area contributed by atoms with E-state index in [-0.39, 0.29) is 5.97 Å². The quantitative estimate of drug-likeness (QED) is 0.613. The molecule has 2 rings (SSSR count). The summed E-state index contributed by atoms with van der Waals surface area (Å²) in [5.41, 5.74) is 1.90. The van der Waals surface area contributed by atoms with Gasteiger partial charge in [0.15, 0.2) is 0 Å². The minimum Gasteiger partial charge on any atom is -0.468 e. The van der Waals surface area contributed by atoms with Crippen LogP contribution in [0.3, 0.4) is 0 Å². The fourth-order valence-corrected chi connectivity index (χ4v) is 3.59. The van der Waals surface area contributed by atoms with Gasteiger partial charge in [0, 0.05) is 23.0 Å². The fourth-order valence-electron chi connectivity index (χ4n) is 2.53. The fraction of sp³-hybridized carbons (Fsp3) is 0.312. The van der Waals surface area contributed by atoms with Crippen molar-refractivity contribution in [1.82, 2.24) is 4.90 Å². The molecule has 1 unspecified atom stereocenters. The summed E-state index contributed by atoms with van der Waals surface area (Å²) in [4.78, 5) is 15.7. The van der Waals surface area contributed by atoms with Crippen LogP contribution in [0.5, 0.6) is 0 Å². The third-order valence-electron chi connectivity index (χ3n) is 3.53. The highest BCUT2D eigenvalue weighted by Crippen LogP contribution is 2.29. The molecule has 1 atom stereocenters. The molecule has 0 saturated carbocycles. The number of hydrogen-bond acceptors (Lipinski definition) is 4. The SMILES string of the molecule is C=C/C=C(\C(=C)Cl)C(C(=O)OC)N1CCc2sccc2C1. The van der Waals surface area contributed by atoms with Crippen LogP contribution in [-0.2, 0) is 22.5 Å². The predicted octanol–water partition coefficient (Wildman–Crippen LogP) is 3.51. The summed E-state index contributed by atoms with van der Waals surface area (Å²) in [6, 6.07) is 1.55. The van der Waals surface area contributed by atoms with Crippen molar-refractivity contribution in [2.24, 2.45) is 0 Å². The molecule has 2 heterocycles. The van der Waals surface area contributed by atoms with E-state index in [1.54, 1.807) is 23.5 Å². The van der Waals surface area contributed by atoms with Crippen LogP contribution in [0.1, 0.15) is 10.4 Å². The zero-order valence-electron chi connectivity index (χ0n) is 12.0. The maximum Gasteiger partial charge on any atom is 0.327 e. The molecule has 0 bridgehead atoms. The van der Waals surface area contributed by atoms with Crippen molar-refractivity contribution in [1.29, 1.82) is 0 Å². The molecule has 0 aliphatic carbocycles. The molecule has 21 heavy (non-hydrogen) atoms. The molecular formula is C16H18ClNO2S. The van der Waals surface area contributed by atoms with Gasteiger partial charge in [-0.1, -0.05) is 36.9 Å². The van der Waals surface area contributed by atoms with Gasteiger partial charge < -0.3 is 4.74 Å². The second kappa shape index (κ2) is 7.07. The van der Waals surface area contributed by atoms with Crippen molar-refractivity contribution >= 4 is 28.9 Å². The number of thiophene rings is 1. The van der Waals surface area contributed by atoms with Gasteiger partial charge in [0.05, 0.1) is 7.11 Å². The zero-order valence-corrected chi connectivity index (χ0v) is 13.5. The molecule has 0 aromatic carbocycles. The predicted molar refractivity (Wildman–Crippen MR) is 87.5 cm³/mol. The van der Waals surface area contributed by atoms with Gasteiger partial charge >= 0.3 is 5.97 Å². The van der Waals surface area contributed by atoms with E-state index < -0.39 is 6.04 Å². The smallest absolute Gasteiger partial charge is 0.327 e. The number of allylic oxidation sites excluding steroid dienone is 2. The van der Waals surface area contributed by atoms with Crippen LogP contribution in [0, 0.1) is 0 Å². The minimum absolute atomic E-state index is 0.330. The van der Waals surface area contributed by atoms with E-state index in [2.05, 4.69) is 29.5 Å². The average molecular weight is 324 g/mol. The van der Waals surface area contributed by atoms with E-state index in [9.17, 15) is 4.79 Å². The number of fused-ring (bicyclic) bond motifs is 1. The van der Waals surface area contributed by atoms with E-state index in [1.165, 1.54) is 17.6 Å². The Labute approximate surface area is 134 Å². The van der Waals surface area contributed by atoms with Crippen molar-refractivity contribution in [2.75, 3.05) is 13.7 Å². The lowest BCUT2D eigenvalue weighted by molar-refractivity contribution is -0.145. The van der Waals surface area contributed by atoms with E-state index in [0.717, 1.165) is 13.0 Å². The zero-order chi connectivity index (χ0) is 15.4. The van der Waals surface area contributed by atoms with Gasteiger partial charge in [0.25, 0.3) is 0 Å². The van der Waals surface area contributed by atoms with Crippen molar-refractivity contribution in [2.45, 2.75) is 19.0 Å². The number of carbonyl (C=O) groups excluding carboxylic acids is 1. The Hall–Kier alpha value is -1.36. The summed E-state index contributed by atoms with van der Waals surface area (Å²) in [6.07, 6.45) is 4.26. The third-order valence-corrected chi connectivity index (χ3v) is 4.77. The van der Waals surface area contributed by atoms with Crippen LogP contribution in [0.2, 0.25) is 0 Å². The molecule has 1 aliphatic rings.